The summed E-state index contributed by atoms with van der Waals surface area (Å²) >= 11 is 0. The van der Waals surface area contributed by atoms with Crippen molar-refractivity contribution in [1.82, 2.24) is 20.4 Å². The summed E-state index contributed by atoms with van der Waals surface area (Å²) in [6.45, 7) is 8.86. The van der Waals surface area contributed by atoms with E-state index in [4.69, 9.17) is 0 Å². The molecule has 94 valence electrons. The lowest BCUT2D eigenvalue weighted by Crippen LogP contribution is -2.42. The SMILES string of the molecule is CC1CNC(C)CCN(Cc2cccnn2)C1. The zero-order chi connectivity index (χ0) is 12.1. The summed E-state index contributed by atoms with van der Waals surface area (Å²) in [7, 11) is 0. The summed E-state index contributed by atoms with van der Waals surface area (Å²) in [6.07, 6.45) is 2.93. The predicted octanol–water partition coefficient (Wildman–Crippen LogP) is 1.30. The Morgan fingerprint density at radius 1 is 1.47 bits per heavy atom. The van der Waals surface area contributed by atoms with Gasteiger partial charge in [-0.1, -0.05) is 6.92 Å². The number of nitrogens with one attached hydrogen (secondary N) is 1. The zero-order valence-corrected chi connectivity index (χ0v) is 10.8. The highest BCUT2D eigenvalue weighted by Gasteiger charge is 2.16. The van der Waals surface area contributed by atoms with E-state index in [9.17, 15) is 0 Å². The smallest absolute Gasteiger partial charge is 0.0771 e. The number of rotatable bonds is 2. The predicted molar refractivity (Wildman–Crippen MR) is 68.6 cm³/mol. The molecule has 1 aliphatic heterocycles. The summed E-state index contributed by atoms with van der Waals surface area (Å²) in [5.74, 6) is 0.689. The number of hydrogen-bond acceptors (Lipinski definition) is 4. The zero-order valence-electron chi connectivity index (χ0n) is 10.8. The van der Waals surface area contributed by atoms with Crippen LogP contribution in [0.15, 0.2) is 18.3 Å². The summed E-state index contributed by atoms with van der Waals surface area (Å²) in [5, 5.41) is 11.7. The Morgan fingerprint density at radius 2 is 2.35 bits per heavy atom. The van der Waals surface area contributed by atoms with Crippen molar-refractivity contribution in [3.8, 4) is 0 Å². The van der Waals surface area contributed by atoms with Crippen LogP contribution in [-0.2, 0) is 6.54 Å². The van der Waals surface area contributed by atoms with Crippen molar-refractivity contribution in [1.29, 1.82) is 0 Å². The van der Waals surface area contributed by atoms with Gasteiger partial charge in [-0.05, 0) is 37.9 Å². The molecular weight excluding hydrogens is 212 g/mol. The largest absolute Gasteiger partial charge is 0.314 e. The van der Waals surface area contributed by atoms with E-state index in [2.05, 4.69) is 40.3 Å². The molecule has 1 aliphatic rings. The van der Waals surface area contributed by atoms with Crippen LogP contribution < -0.4 is 5.32 Å². The van der Waals surface area contributed by atoms with Crippen LogP contribution in [0.4, 0.5) is 0 Å². The van der Waals surface area contributed by atoms with Crippen molar-refractivity contribution in [2.75, 3.05) is 19.6 Å². The topological polar surface area (TPSA) is 41.0 Å². The second kappa shape index (κ2) is 6.07. The average Bonchev–Trinajstić information content (AvgIpc) is 2.33. The average molecular weight is 234 g/mol. The van der Waals surface area contributed by atoms with Crippen LogP contribution in [0.3, 0.4) is 0 Å². The van der Waals surface area contributed by atoms with Gasteiger partial charge in [0, 0.05) is 31.9 Å². The monoisotopic (exact) mass is 234 g/mol. The molecule has 0 aliphatic carbocycles. The van der Waals surface area contributed by atoms with Gasteiger partial charge in [-0.25, -0.2) is 0 Å². The lowest BCUT2D eigenvalue weighted by Gasteiger charge is -2.30. The Kier molecular flexibility index (Phi) is 4.45. The molecule has 0 saturated carbocycles. The van der Waals surface area contributed by atoms with Crippen molar-refractivity contribution in [2.45, 2.75) is 32.9 Å². The Balaban J connectivity index is 1.94. The van der Waals surface area contributed by atoms with Crippen LogP contribution in [-0.4, -0.2) is 40.8 Å². The van der Waals surface area contributed by atoms with Crippen LogP contribution >= 0.6 is 0 Å². The molecule has 4 nitrogen and oxygen atoms in total. The normalized spacial score (nSPS) is 27.4. The second-order valence-corrected chi connectivity index (χ2v) is 5.15. The lowest BCUT2D eigenvalue weighted by molar-refractivity contribution is 0.192. The maximum absolute atomic E-state index is 4.16. The van der Waals surface area contributed by atoms with Crippen molar-refractivity contribution < 1.29 is 0 Å². The minimum atomic E-state index is 0.613. The first-order valence-corrected chi connectivity index (χ1v) is 6.46. The Labute approximate surface area is 103 Å². The third kappa shape index (κ3) is 4.06. The van der Waals surface area contributed by atoms with Crippen LogP contribution in [0.2, 0.25) is 0 Å². The molecule has 1 fully saturated rings. The summed E-state index contributed by atoms with van der Waals surface area (Å²) < 4.78 is 0. The number of hydrogen-bond donors (Lipinski definition) is 1. The summed E-state index contributed by atoms with van der Waals surface area (Å²) in [6, 6.07) is 4.63. The van der Waals surface area contributed by atoms with Crippen molar-refractivity contribution in [3.63, 3.8) is 0 Å². The first kappa shape index (κ1) is 12.5. The molecule has 0 amide bonds. The van der Waals surface area contributed by atoms with E-state index in [1.807, 2.05) is 6.07 Å². The van der Waals surface area contributed by atoms with E-state index >= 15 is 0 Å². The molecule has 1 aromatic heterocycles. The van der Waals surface area contributed by atoms with E-state index in [1.165, 1.54) is 6.42 Å². The summed E-state index contributed by atoms with van der Waals surface area (Å²) in [4.78, 5) is 2.49. The first-order chi connectivity index (χ1) is 8.24. The van der Waals surface area contributed by atoms with Gasteiger partial charge in [-0.3, -0.25) is 4.90 Å². The third-order valence-corrected chi connectivity index (χ3v) is 3.28. The fraction of sp³-hybridized carbons (Fsp3) is 0.692. The molecule has 2 rings (SSSR count). The molecule has 0 aromatic carbocycles. The fourth-order valence-corrected chi connectivity index (χ4v) is 2.27. The number of nitrogens with zero attached hydrogens (tertiary/aromatic N) is 3. The molecule has 1 aromatic rings. The highest BCUT2D eigenvalue weighted by atomic mass is 15.2. The minimum absolute atomic E-state index is 0.613. The van der Waals surface area contributed by atoms with Gasteiger partial charge in [0.25, 0.3) is 0 Å². The van der Waals surface area contributed by atoms with Gasteiger partial charge in [-0.2, -0.15) is 10.2 Å². The fourth-order valence-electron chi connectivity index (χ4n) is 2.27. The van der Waals surface area contributed by atoms with Crippen molar-refractivity contribution in [2.24, 2.45) is 5.92 Å². The van der Waals surface area contributed by atoms with Gasteiger partial charge in [-0.15, -0.1) is 0 Å². The molecular formula is C13H22N4. The van der Waals surface area contributed by atoms with Gasteiger partial charge in [0.2, 0.25) is 0 Å². The standard InChI is InChI=1S/C13H22N4/c1-11-8-14-12(2)5-7-17(9-11)10-13-4-3-6-15-16-13/h3-4,6,11-12,14H,5,7-10H2,1-2H3. The van der Waals surface area contributed by atoms with E-state index in [0.717, 1.165) is 31.9 Å². The Bertz CT molecular complexity index is 327. The van der Waals surface area contributed by atoms with Crippen molar-refractivity contribution >= 4 is 0 Å². The maximum atomic E-state index is 4.16. The molecule has 0 radical (unpaired) electrons. The summed E-state index contributed by atoms with van der Waals surface area (Å²) in [5.41, 5.74) is 1.07. The molecule has 0 spiro atoms. The molecule has 2 heterocycles. The molecule has 2 unspecified atom stereocenters. The third-order valence-electron chi connectivity index (χ3n) is 3.28. The number of aromatic nitrogens is 2. The quantitative estimate of drug-likeness (QED) is 0.837. The van der Waals surface area contributed by atoms with Gasteiger partial charge in [0.05, 0.1) is 5.69 Å². The van der Waals surface area contributed by atoms with E-state index in [0.29, 0.717) is 12.0 Å². The Hall–Kier alpha value is -1.00. The van der Waals surface area contributed by atoms with E-state index in [1.54, 1.807) is 6.20 Å². The highest BCUT2D eigenvalue weighted by molar-refractivity contribution is 4.99. The van der Waals surface area contributed by atoms with Crippen LogP contribution in [0.25, 0.3) is 0 Å². The van der Waals surface area contributed by atoms with Crippen LogP contribution in [0.5, 0.6) is 0 Å². The molecule has 1 N–H and O–H groups in total. The van der Waals surface area contributed by atoms with E-state index in [-0.39, 0.29) is 0 Å². The Morgan fingerprint density at radius 3 is 3.12 bits per heavy atom. The molecule has 2 atom stereocenters. The molecule has 17 heavy (non-hydrogen) atoms. The molecule has 4 heteroatoms. The second-order valence-electron chi connectivity index (χ2n) is 5.15. The lowest BCUT2D eigenvalue weighted by atomic mass is 10.1. The molecule has 1 saturated heterocycles. The van der Waals surface area contributed by atoms with Gasteiger partial charge in [0.1, 0.15) is 0 Å². The van der Waals surface area contributed by atoms with Crippen LogP contribution in [0, 0.1) is 5.92 Å². The maximum Gasteiger partial charge on any atom is 0.0771 e. The van der Waals surface area contributed by atoms with E-state index < -0.39 is 0 Å². The highest BCUT2D eigenvalue weighted by Crippen LogP contribution is 2.09. The van der Waals surface area contributed by atoms with Gasteiger partial charge in [0.15, 0.2) is 0 Å². The van der Waals surface area contributed by atoms with Crippen molar-refractivity contribution in [3.05, 3.63) is 24.0 Å². The first-order valence-electron chi connectivity index (χ1n) is 6.46. The van der Waals surface area contributed by atoms with Gasteiger partial charge < -0.3 is 5.32 Å². The molecule has 0 bridgehead atoms. The van der Waals surface area contributed by atoms with Crippen LogP contribution in [0.1, 0.15) is 26.0 Å². The minimum Gasteiger partial charge on any atom is -0.314 e. The van der Waals surface area contributed by atoms with Gasteiger partial charge >= 0.3 is 0 Å².